The summed E-state index contributed by atoms with van der Waals surface area (Å²) in [5, 5.41) is 1.44. The molecule has 2 amide bonds. The van der Waals surface area contributed by atoms with Gasteiger partial charge in [0.2, 0.25) is 0 Å². The molecule has 2 N–H and O–H groups in total. The number of carbonyl (C=O) groups is 2. The highest BCUT2D eigenvalue weighted by Gasteiger charge is 2.16. The molecule has 24 heavy (non-hydrogen) atoms. The topological polar surface area (TPSA) is 76.0 Å². The minimum atomic E-state index is -0.402. The number of pyridine rings is 1. The molecule has 6 nitrogen and oxygen atoms in total. The number of aryl methyl sites for hydroxylation is 1. The van der Waals surface area contributed by atoms with E-state index in [1.54, 1.807) is 24.5 Å². The molecule has 0 atom stereocenters. The van der Waals surface area contributed by atoms with Gasteiger partial charge < -0.3 is 4.57 Å². The van der Waals surface area contributed by atoms with Gasteiger partial charge >= 0.3 is 0 Å². The number of hydrogen-bond acceptors (Lipinski definition) is 4. The molecule has 0 aliphatic carbocycles. The van der Waals surface area contributed by atoms with Crippen LogP contribution in [0.25, 0.3) is 10.9 Å². The van der Waals surface area contributed by atoms with E-state index in [0.717, 1.165) is 10.9 Å². The molecular formula is C17H16N4O2S. The minimum absolute atomic E-state index is 0.366. The first-order chi connectivity index (χ1) is 11.6. The number of para-hydroxylation sites is 1. The number of nitrogens with zero attached hydrogens (tertiary/aromatic N) is 2. The third-order valence-corrected chi connectivity index (χ3v) is 4.35. The van der Waals surface area contributed by atoms with Gasteiger partial charge in [0.05, 0.1) is 11.1 Å². The van der Waals surface area contributed by atoms with Gasteiger partial charge in [-0.3, -0.25) is 20.4 Å². The van der Waals surface area contributed by atoms with Crippen LogP contribution in [0.2, 0.25) is 0 Å². The standard InChI is InChI=1S/C17H16N4O2S/c1-21-10-13(11-6-3-4-8-14(11)21)16(23)20-19-15(22)12-7-5-9-18-17(12)24-2/h3-10H,1-2H3,(H,19,22)(H,20,23). The Balaban J connectivity index is 1.76. The van der Waals surface area contributed by atoms with Crippen molar-refractivity contribution in [3.63, 3.8) is 0 Å². The fourth-order valence-electron chi connectivity index (χ4n) is 2.50. The van der Waals surface area contributed by atoms with Crippen molar-refractivity contribution in [2.75, 3.05) is 6.26 Å². The van der Waals surface area contributed by atoms with E-state index in [0.29, 0.717) is 16.2 Å². The molecule has 0 bridgehead atoms. The second kappa shape index (κ2) is 6.76. The van der Waals surface area contributed by atoms with Gasteiger partial charge in [-0.25, -0.2) is 4.98 Å². The van der Waals surface area contributed by atoms with Crippen molar-refractivity contribution in [2.24, 2.45) is 7.05 Å². The summed E-state index contributed by atoms with van der Waals surface area (Å²) in [6.07, 6.45) is 5.20. The van der Waals surface area contributed by atoms with Crippen LogP contribution in [0, 0.1) is 0 Å². The lowest BCUT2D eigenvalue weighted by Crippen LogP contribution is -2.41. The molecule has 1 aromatic carbocycles. The van der Waals surface area contributed by atoms with E-state index in [9.17, 15) is 9.59 Å². The maximum absolute atomic E-state index is 12.4. The van der Waals surface area contributed by atoms with Gasteiger partial charge in [0.25, 0.3) is 11.8 Å². The van der Waals surface area contributed by atoms with Gasteiger partial charge in [-0.05, 0) is 24.5 Å². The number of nitrogens with one attached hydrogen (secondary N) is 2. The lowest BCUT2D eigenvalue weighted by Gasteiger charge is -2.08. The highest BCUT2D eigenvalue weighted by atomic mass is 32.2. The van der Waals surface area contributed by atoms with Crippen molar-refractivity contribution in [1.29, 1.82) is 0 Å². The predicted octanol–water partition coefficient (Wildman–Crippen LogP) is 2.37. The average molecular weight is 340 g/mol. The number of amides is 2. The summed E-state index contributed by atoms with van der Waals surface area (Å²) in [5.41, 5.74) is 6.78. The highest BCUT2D eigenvalue weighted by molar-refractivity contribution is 7.98. The van der Waals surface area contributed by atoms with E-state index in [1.807, 2.05) is 42.1 Å². The third kappa shape index (κ3) is 2.98. The minimum Gasteiger partial charge on any atom is -0.350 e. The zero-order valence-corrected chi connectivity index (χ0v) is 14.1. The molecule has 0 aliphatic heterocycles. The van der Waals surface area contributed by atoms with Crippen LogP contribution in [0.4, 0.5) is 0 Å². The zero-order chi connectivity index (χ0) is 17.1. The maximum atomic E-state index is 12.4. The number of aromatic nitrogens is 2. The molecule has 0 aliphatic rings. The number of benzene rings is 1. The lowest BCUT2D eigenvalue weighted by molar-refractivity contribution is 0.0845. The van der Waals surface area contributed by atoms with E-state index in [4.69, 9.17) is 0 Å². The number of hydrazine groups is 1. The first kappa shape index (κ1) is 16.1. The molecule has 122 valence electrons. The fraction of sp³-hybridized carbons (Fsp3) is 0.118. The second-order valence-corrected chi connectivity index (χ2v) is 5.93. The summed E-state index contributed by atoms with van der Waals surface area (Å²) in [6.45, 7) is 0. The van der Waals surface area contributed by atoms with Crippen molar-refractivity contribution < 1.29 is 9.59 Å². The van der Waals surface area contributed by atoms with Crippen molar-refractivity contribution in [1.82, 2.24) is 20.4 Å². The third-order valence-electron chi connectivity index (χ3n) is 3.64. The normalized spacial score (nSPS) is 10.6. The number of rotatable bonds is 3. The molecule has 2 aromatic heterocycles. The van der Waals surface area contributed by atoms with E-state index >= 15 is 0 Å². The molecule has 0 spiro atoms. The molecular weight excluding hydrogens is 324 g/mol. The quantitative estimate of drug-likeness (QED) is 0.567. The first-order valence-corrected chi connectivity index (χ1v) is 8.48. The molecule has 0 fully saturated rings. The number of fused-ring (bicyclic) bond motifs is 1. The van der Waals surface area contributed by atoms with E-state index in [1.165, 1.54) is 11.8 Å². The van der Waals surface area contributed by atoms with Crippen LogP contribution in [0.1, 0.15) is 20.7 Å². The number of hydrogen-bond donors (Lipinski definition) is 2. The fourth-order valence-corrected chi connectivity index (χ4v) is 3.04. The van der Waals surface area contributed by atoms with Crippen LogP contribution in [0.15, 0.2) is 53.8 Å². The van der Waals surface area contributed by atoms with Crippen molar-refractivity contribution >= 4 is 34.5 Å². The van der Waals surface area contributed by atoms with Crippen LogP contribution in [-0.4, -0.2) is 27.6 Å². The van der Waals surface area contributed by atoms with Gasteiger partial charge in [0, 0.05) is 30.3 Å². The van der Waals surface area contributed by atoms with Gasteiger partial charge in [-0.15, -0.1) is 11.8 Å². The summed E-state index contributed by atoms with van der Waals surface area (Å²) >= 11 is 1.37. The summed E-state index contributed by atoms with van der Waals surface area (Å²) in [6, 6.07) is 10.9. The Morgan fingerprint density at radius 1 is 1.04 bits per heavy atom. The molecule has 0 radical (unpaired) electrons. The Bertz CT molecular complexity index is 920. The summed E-state index contributed by atoms with van der Waals surface area (Å²) in [4.78, 5) is 28.8. The molecule has 0 saturated carbocycles. The Kier molecular flexibility index (Phi) is 4.52. The Morgan fingerprint density at radius 2 is 1.75 bits per heavy atom. The Morgan fingerprint density at radius 3 is 2.50 bits per heavy atom. The SMILES string of the molecule is CSc1ncccc1C(=O)NNC(=O)c1cn(C)c2ccccc12. The Labute approximate surface area is 143 Å². The molecule has 0 saturated heterocycles. The van der Waals surface area contributed by atoms with E-state index < -0.39 is 5.91 Å². The van der Waals surface area contributed by atoms with E-state index in [-0.39, 0.29) is 5.91 Å². The van der Waals surface area contributed by atoms with E-state index in [2.05, 4.69) is 15.8 Å². The largest absolute Gasteiger partial charge is 0.350 e. The smallest absolute Gasteiger partial charge is 0.272 e. The van der Waals surface area contributed by atoms with Crippen LogP contribution >= 0.6 is 11.8 Å². The van der Waals surface area contributed by atoms with Gasteiger partial charge in [0.1, 0.15) is 5.03 Å². The lowest BCUT2D eigenvalue weighted by atomic mass is 10.2. The monoisotopic (exact) mass is 340 g/mol. The number of thioether (sulfide) groups is 1. The van der Waals surface area contributed by atoms with Gasteiger partial charge in [-0.1, -0.05) is 18.2 Å². The molecule has 0 unspecified atom stereocenters. The van der Waals surface area contributed by atoms with Crippen molar-refractivity contribution in [3.8, 4) is 0 Å². The number of carbonyl (C=O) groups excluding carboxylic acids is 2. The maximum Gasteiger partial charge on any atom is 0.272 e. The first-order valence-electron chi connectivity index (χ1n) is 7.25. The Hall–Kier alpha value is -2.80. The summed E-state index contributed by atoms with van der Waals surface area (Å²) < 4.78 is 1.87. The van der Waals surface area contributed by atoms with Gasteiger partial charge in [-0.2, -0.15) is 0 Å². The van der Waals surface area contributed by atoms with Crippen LogP contribution in [0.5, 0.6) is 0 Å². The summed E-state index contributed by atoms with van der Waals surface area (Å²) in [7, 11) is 1.87. The second-order valence-electron chi connectivity index (χ2n) is 5.14. The average Bonchev–Trinajstić information content (AvgIpc) is 2.96. The predicted molar refractivity (Wildman–Crippen MR) is 93.9 cm³/mol. The molecule has 3 rings (SSSR count). The van der Waals surface area contributed by atoms with Crippen LogP contribution in [-0.2, 0) is 7.05 Å². The summed E-state index contributed by atoms with van der Waals surface area (Å²) in [5.74, 6) is -0.768. The zero-order valence-electron chi connectivity index (χ0n) is 13.2. The molecule has 2 heterocycles. The van der Waals surface area contributed by atoms with Crippen molar-refractivity contribution in [3.05, 3.63) is 59.9 Å². The van der Waals surface area contributed by atoms with Crippen LogP contribution < -0.4 is 10.9 Å². The van der Waals surface area contributed by atoms with Crippen LogP contribution in [0.3, 0.4) is 0 Å². The van der Waals surface area contributed by atoms with Crippen molar-refractivity contribution in [2.45, 2.75) is 5.03 Å². The van der Waals surface area contributed by atoms with Gasteiger partial charge in [0.15, 0.2) is 0 Å². The molecule has 7 heteroatoms. The highest BCUT2D eigenvalue weighted by Crippen LogP contribution is 2.20. The molecule has 3 aromatic rings.